The fourth-order valence-corrected chi connectivity index (χ4v) is 6.27. The molecule has 1 N–H and O–H groups in total. The summed E-state index contributed by atoms with van der Waals surface area (Å²) in [6.07, 6.45) is 5.87. The lowest BCUT2D eigenvalue weighted by Gasteiger charge is -2.34. The molecule has 7 nitrogen and oxygen atoms in total. The third-order valence-corrected chi connectivity index (χ3v) is 9.29. The number of anilines is 1. The molecule has 0 radical (unpaired) electrons. The van der Waals surface area contributed by atoms with E-state index in [9.17, 15) is 9.18 Å². The molecule has 1 aliphatic heterocycles. The molecule has 10 heteroatoms. The number of aryl methyl sites for hydroxylation is 1. The summed E-state index contributed by atoms with van der Waals surface area (Å²) >= 11 is 12.8. The first kappa shape index (κ1) is 35.9. The summed E-state index contributed by atoms with van der Waals surface area (Å²) in [6.45, 7) is 6.80. The number of hydrogen-bond donors (Lipinski definition) is 1. The van der Waals surface area contributed by atoms with Crippen LogP contribution in [0.15, 0.2) is 109 Å². The number of nitrogens with zero attached hydrogens (tertiary/aromatic N) is 3. The van der Waals surface area contributed by atoms with E-state index in [-0.39, 0.29) is 11.7 Å². The van der Waals surface area contributed by atoms with Crippen LogP contribution in [0.3, 0.4) is 0 Å². The summed E-state index contributed by atoms with van der Waals surface area (Å²) in [6, 6.07) is 29.8. The molecule has 2 heterocycles. The highest BCUT2D eigenvalue weighted by atomic mass is 35.5. The first-order valence-electron chi connectivity index (χ1n) is 16.9. The average molecular weight is 726 g/mol. The van der Waals surface area contributed by atoms with Crippen LogP contribution in [-0.4, -0.2) is 53.4 Å². The average Bonchev–Trinajstić information content (AvgIpc) is 3.14. The zero-order valence-electron chi connectivity index (χ0n) is 28.3. The standard InChI is InChI=1S/C41H39Cl2FN4O3/c1-29-24-32(25-38(43)41(29)51-39-16-15-36(26-46-39)50-28-33-4-2-3-5-37(33)42)10-17-40(49)48-22-20-47(21-23-48)27-31-8-6-30(7-9-31)18-19-45-35-13-11-34(44)12-14-35/h2-17,24-26,45H,18-23,27-28H2,1H3. The quantitative estimate of drug-likeness (QED) is 0.122. The van der Waals surface area contributed by atoms with Crippen LogP contribution in [0.25, 0.3) is 6.08 Å². The van der Waals surface area contributed by atoms with Gasteiger partial charge in [-0.25, -0.2) is 9.37 Å². The molecule has 4 aromatic carbocycles. The molecule has 0 saturated carbocycles. The number of halogens is 3. The third-order valence-electron chi connectivity index (χ3n) is 8.64. The van der Waals surface area contributed by atoms with Crippen molar-refractivity contribution in [3.63, 3.8) is 0 Å². The summed E-state index contributed by atoms with van der Waals surface area (Å²) in [4.78, 5) is 21.6. The van der Waals surface area contributed by atoms with Crippen molar-refractivity contribution in [2.24, 2.45) is 0 Å². The minimum atomic E-state index is -0.234. The van der Waals surface area contributed by atoms with Crippen LogP contribution in [-0.2, 0) is 24.4 Å². The van der Waals surface area contributed by atoms with E-state index in [1.54, 1.807) is 48.7 Å². The molecule has 5 aromatic rings. The van der Waals surface area contributed by atoms with Gasteiger partial charge in [0.15, 0.2) is 5.75 Å². The van der Waals surface area contributed by atoms with Gasteiger partial charge >= 0.3 is 0 Å². The number of benzene rings is 4. The highest BCUT2D eigenvalue weighted by Gasteiger charge is 2.20. The van der Waals surface area contributed by atoms with E-state index in [0.717, 1.165) is 55.0 Å². The number of hydrogen-bond acceptors (Lipinski definition) is 6. The first-order chi connectivity index (χ1) is 24.8. The number of amides is 1. The van der Waals surface area contributed by atoms with Gasteiger partial charge < -0.3 is 19.7 Å². The second-order valence-corrected chi connectivity index (χ2v) is 13.2. The second kappa shape index (κ2) is 17.4. The van der Waals surface area contributed by atoms with E-state index in [1.165, 1.54) is 23.3 Å². The van der Waals surface area contributed by atoms with Crippen molar-refractivity contribution in [2.75, 3.05) is 38.0 Å². The van der Waals surface area contributed by atoms with Crippen molar-refractivity contribution >= 4 is 40.9 Å². The minimum Gasteiger partial charge on any atom is -0.487 e. The number of piperazine rings is 1. The van der Waals surface area contributed by atoms with Gasteiger partial charge in [0.05, 0.1) is 11.2 Å². The Balaban J connectivity index is 0.935. The number of pyridine rings is 1. The zero-order chi connectivity index (χ0) is 35.6. The lowest BCUT2D eigenvalue weighted by atomic mass is 10.1. The molecule has 0 atom stereocenters. The Hall–Kier alpha value is -4.89. The Morgan fingerprint density at radius 2 is 1.65 bits per heavy atom. The predicted molar refractivity (Wildman–Crippen MR) is 202 cm³/mol. The molecule has 0 aliphatic carbocycles. The predicted octanol–water partition coefficient (Wildman–Crippen LogP) is 9.22. The van der Waals surface area contributed by atoms with Crippen LogP contribution < -0.4 is 14.8 Å². The summed E-state index contributed by atoms with van der Waals surface area (Å²) in [5.74, 6) is 1.22. The number of carbonyl (C=O) groups excluding carboxylic acids is 1. The SMILES string of the molecule is Cc1cc(C=CC(=O)N2CCN(Cc3ccc(CCNc4ccc(F)cc4)cc3)CC2)cc(Cl)c1Oc1ccc(OCc2ccccc2Cl)cn1. The van der Waals surface area contributed by atoms with Crippen LogP contribution >= 0.6 is 23.2 Å². The normalized spacial score (nSPS) is 13.4. The van der Waals surface area contributed by atoms with E-state index < -0.39 is 0 Å². The molecule has 1 saturated heterocycles. The monoisotopic (exact) mass is 724 g/mol. The molecule has 0 bridgehead atoms. The summed E-state index contributed by atoms with van der Waals surface area (Å²) < 4.78 is 24.9. The van der Waals surface area contributed by atoms with Crippen molar-refractivity contribution in [1.82, 2.24) is 14.8 Å². The van der Waals surface area contributed by atoms with Gasteiger partial charge in [0.2, 0.25) is 11.8 Å². The van der Waals surface area contributed by atoms with Crippen LogP contribution in [0.4, 0.5) is 10.1 Å². The number of aromatic nitrogens is 1. The van der Waals surface area contributed by atoms with Crippen molar-refractivity contribution in [3.05, 3.63) is 153 Å². The molecule has 51 heavy (non-hydrogen) atoms. The molecule has 0 unspecified atom stereocenters. The molecule has 1 aliphatic rings. The van der Waals surface area contributed by atoms with Gasteiger partial charge in [-0.15, -0.1) is 0 Å². The van der Waals surface area contributed by atoms with Gasteiger partial charge in [-0.3, -0.25) is 9.69 Å². The Morgan fingerprint density at radius 3 is 2.35 bits per heavy atom. The fourth-order valence-electron chi connectivity index (χ4n) is 5.76. The van der Waals surface area contributed by atoms with Crippen LogP contribution in [0.2, 0.25) is 10.0 Å². The highest BCUT2D eigenvalue weighted by Crippen LogP contribution is 2.34. The Bertz CT molecular complexity index is 1920. The molecule has 1 amide bonds. The fraction of sp³-hybridized carbons (Fsp3) is 0.220. The summed E-state index contributed by atoms with van der Waals surface area (Å²) in [7, 11) is 0. The van der Waals surface area contributed by atoms with E-state index in [1.807, 2.05) is 42.2 Å². The molecular formula is C41H39Cl2FN4O3. The Labute approximate surface area is 308 Å². The minimum absolute atomic E-state index is 0.0246. The summed E-state index contributed by atoms with van der Waals surface area (Å²) in [5.41, 5.74) is 5.92. The Morgan fingerprint density at radius 1 is 0.902 bits per heavy atom. The maximum atomic E-state index is 13.1. The number of carbonyl (C=O) groups is 1. The lowest BCUT2D eigenvalue weighted by Crippen LogP contribution is -2.47. The van der Waals surface area contributed by atoms with Crippen LogP contribution in [0.5, 0.6) is 17.4 Å². The molecule has 0 spiro atoms. The van der Waals surface area contributed by atoms with E-state index in [2.05, 4.69) is 39.5 Å². The third kappa shape index (κ3) is 10.3. The van der Waals surface area contributed by atoms with Crippen LogP contribution in [0, 0.1) is 12.7 Å². The largest absolute Gasteiger partial charge is 0.487 e. The van der Waals surface area contributed by atoms with Gasteiger partial charge in [0.1, 0.15) is 18.2 Å². The van der Waals surface area contributed by atoms with E-state index >= 15 is 0 Å². The van der Waals surface area contributed by atoms with Crippen molar-refractivity contribution in [1.29, 1.82) is 0 Å². The number of ether oxygens (including phenoxy) is 2. The van der Waals surface area contributed by atoms with Gasteiger partial charge in [0.25, 0.3) is 0 Å². The number of nitrogens with one attached hydrogen (secondary N) is 1. The van der Waals surface area contributed by atoms with Gasteiger partial charge in [-0.2, -0.15) is 0 Å². The second-order valence-electron chi connectivity index (χ2n) is 12.4. The lowest BCUT2D eigenvalue weighted by molar-refractivity contribution is -0.127. The van der Waals surface area contributed by atoms with Gasteiger partial charge in [0, 0.05) is 67.7 Å². The van der Waals surface area contributed by atoms with Gasteiger partial charge in [-0.1, -0.05) is 65.7 Å². The molecule has 1 fully saturated rings. The van der Waals surface area contributed by atoms with Crippen molar-refractivity contribution in [2.45, 2.75) is 26.5 Å². The molecule has 6 rings (SSSR count). The maximum absolute atomic E-state index is 13.1. The summed E-state index contributed by atoms with van der Waals surface area (Å²) in [5, 5.41) is 4.40. The van der Waals surface area contributed by atoms with Gasteiger partial charge in [-0.05, 0) is 90.2 Å². The van der Waals surface area contributed by atoms with Crippen LogP contribution in [0.1, 0.15) is 27.8 Å². The van der Waals surface area contributed by atoms with E-state index in [0.29, 0.717) is 47.1 Å². The highest BCUT2D eigenvalue weighted by molar-refractivity contribution is 6.32. The molecular weight excluding hydrogens is 686 g/mol. The van der Waals surface area contributed by atoms with E-state index in [4.69, 9.17) is 32.7 Å². The van der Waals surface area contributed by atoms with Crippen molar-refractivity contribution < 1.29 is 18.7 Å². The zero-order valence-corrected chi connectivity index (χ0v) is 29.8. The maximum Gasteiger partial charge on any atom is 0.246 e. The van der Waals surface area contributed by atoms with Crippen molar-refractivity contribution in [3.8, 4) is 17.4 Å². The first-order valence-corrected chi connectivity index (χ1v) is 17.6. The number of rotatable bonds is 13. The topological polar surface area (TPSA) is 66.9 Å². The molecule has 262 valence electrons. The molecule has 1 aromatic heterocycles. The smallest absolute Gasteiger partial charge is 0.246 e. The Kier molecular flexibility index (Phi) is 12.2.